The molecule has 4 nitrogen and oxygen atoms in total. The van der Waals surface area contributed by atoms with Crippen molar-refractivity contribution < 1.29 is 0 Å². The predicted molar refractivity (Wildman–Crippen MR) is 115 cm³/mol. The van der Waals surface area contributed by atoms with Crippen LogP contribution < -0.4 is 0 Å². The molecule has 3 aromatic heterocycles. The molecule has 0 aromatic carbocycles. The second kappa shape index (κ2) is 6.11. The van der Waals surface area contributed by atoms with Gasteiger partial charge in [0.25, 0.3) is 0 Å². The van der Waals surface area contributed by atoms with E-state index in [2.05, 4.69) is 71.0 Å². The van der Waals surface area contributed by atoms with E-state index in [-0.39, 0.29) is 0 Å². The van der Waals surface area contributed by atoms with Crippen molar-refractivity contribution in [2.24, 2.45) is 11.8 Å². The van der Waals surface area contributed by atoms with E-state index in [9.17, 15) is 0 Å². The molecule has 0 saturated carbocycles. The molecule has 3 aromatic rings. The zero-order chi connectivity index (χ0) is 19.5. The van der Waals surface area contributed by atoms with Gasteiger partial charge in [0.15, 0.2) is 0 Å². The van der Waals surface area contributed by atoms with Crippen LogP contribution in [0.5, 0.6) is 0 Å². The van der Waals surface area contributed by atoms with Crippen LogP contribution >= 0.6 is 0 Å². The predicted octanol–water partition coefficient (Wildman–Crippen LogP) is 5.44. The fraction of sp³-hybridized carbons (Fsp3) is 0.240. The van der Waals surface area contributed by atoms with Crippen molar-refractivity contribution in [3.05, 3.63) is 83.6 Å². The summed E-state index contributed by atoms with van der Waals surface area (Å²) in [6.07, 6.45) is 18.0. The summed E-state index contributed by atoms with van der Waals surface area (Å²) in [6.45, 7) is 4.67. The Morgan fingerprint density at radius 1 is 0.966 bits per heavy atom. The Hall–Kier alpha value is -3.27. The lowest BCUT2D eigenvalue weighted by Gasteiger charge is -2.31. The van der Waals surface area contributed by atoms with Crippen LogP contribution in [0.1, 0.15) is 43.0 Å². The quantitative estimate of drug-likeness (QED) is 0.566. The van der Waals surface area contributed by atoms with Crippen molar-refractivity contribution in [2.75, 3.05) is 0 Å². The summed E-state index contributed by atoms with van der Waals surface area (Å²) in [7, 11) is 0. The highest BCUT2D eigenvalue weighted by molar-refractivity contribution is 5.90. The average Bonchev–Trinajstić information content (AvgIpc) is 3.08. The van der Waals surface area contributed by atoms with Crippen LogP contribution in [0.4, 0.5) is 0 Å². The second-order valence-corrected chi connectivity index (χ2v) is 8.26. The van der Waals surface area contributed by atoms with Crippen molar-refractivity contribution in [1.29, 1.82) is 0 Å². The lowest BCUT2D eigenvalue weighted by Crippen LogP contribution is -2.18. The smallest absolute Gasteiger partial charge is 0.234 e. The third-order valence-corrected chi connectivity index (χ3v) is 6.52. The van der Waals surface area contributed by atoms with Gasteiger partial charge in [0.2, 0.25) is 5.95 Å². The number of hydrogen-bond acceptors (Lipinski definition) is 3. The van der Waals surface area contributed by atoms with Gasteiger partial charge in [0.05, 0.1) is 11.4 Å². The molecule has 0 bridgehead atoms. The van der Waals surface area contributed by atoms with E-state index in [1.54, 1.807) is 12.4 Å². The van der Waals surface area contributed by atoms with Crippen molar-refractivity contribution in [1.82, 2.24) is 19.5 Å². The Bertz CT molecular complexity index is 1210. The maximum atomic E-state index is 4.88. The Morgan fingerprint density at radius 2 is 1.79 bits per heavy atom. The lowest BCUT2D eigenvalue weighted by atomic mass is 9.72. The molecule has 0 amide bonds. The summed E-state index contributed by atoms with van der Waals surface area (Å²) < 4.78 is 2.13. The minimum atomic E-state index is 0.318. The number of pyridine rings is 1. The first-order chi connectivity index (χ1) is 14.2. The fourth-order valence-electron chi connectivity index (χ4n) is 5.28. The molecule has 0 spiro atoms. The summed E-state index contributed by atoms with van der Waals surface area (Å²) in [5.74, 6) is 1.93. The van der Waals surface area contributed by atoms with Gasteiger partial charge in [-0.25, -0.2) is 9.97 Å². The van der Waals surface area contributed by atoms with Gasteiger partial charge in [-0.3, -0.25) is 9.55 Å². The van der Waals surface area contributed by atoms with Crippen LogP contribution in [0, 0.1) is 11.8 Å². The molecule has 3 aliphatic rings. The summed E-state index contributed by atoms with van der Waals surface area (Å²) in [5, 5.41) is 0. The Labute approximate surface area is 170 Å². The number of fused-ring (bicyclic) bond motifs is 4. The molecule has 29 heavy (non-hydrogen) atoms. The summed E-state index contributed by atoms with van der Waals surface area (Å²) >= 11 is 0. The monoisotopic (exact) mass is 378 g/mol. The molecule has 4 heteroatoms. The third kappa shape index (κ3) is 2.29. The molecule has 142 valence electrons. The van der Waals surface area contributed by atoms with Crippen molar-refractivity contribution in [2.45, 2.75) is 26.2 Å². The highest BCUT2D eigenvalue weighted by Crippen LogP contribution is 2.53. The first-order valence-corrected chi connectivity index (χ1v) is 10.3. The Kier molecular flexibility index (Phi) is 3.51. The normalized spacial score (nSPS) is 24.0. The van der Waals surface area contributed by atoms with Gasteiger partial charge in [-0.15, -0.1) is 0 Å². The van der Waals surface area contributed by atoms with Crippen LogP contribution in [-0.2, 0) is 0 Å². The van der Waals surface area contributed by atoms with Gasteiger partial charge in [-0.2, -0.15) is 0 Å². The maximum Gasteiger partial charge on any atom is 0.234 e. The summed E-state index contributed by atoms with van der Waals surface area (Å²) in [4.78, 5) is 13.9. The van der Waals surface area contributed by atoms with E-state index in [1.165, 1.54) is 33.5 Å². The highest BCUT2D eigenvalue weighted by Gasteiger charge is 2.38. The summed E-state index contributed by atoms with van der Waals surface area (Å²) in [5.41, 5.74) is 9.00. The van der Waals surface area contributed by atoms with E-state index in [0.717, 1.165) is 12.1 Å². The first kappa shape index (κ1) is 16.7. The molecule has 3 aliphatic carbocycles. The van der Waals surface area contributed by atoms with Gasteiger partial charge in [0.1, 0.15) is 0 Å². The maximum absolute atomic E-state index is 4.88. The minimum Gasteiger partial charge on any atom is -0.285 e. The molecule has 0 N–H and O–H groups in total. The number of hydrogen-bond donors (Lipinski definition) is 0. The molecule has 3 atom stereocenters. The van der Waals surface area contributed by atoms with Crippen LogP contribution in [0.15, 0.2) is 66.8 Å². The van der Waals surface area contributed by atoms with E-state index < -0.39 is 0 Å². The SMILES string of the molecule is CC1CC=CC2=C1c1cccnc1-c1cn(-c3ncccn3)c3c1C2C(C)C=C3. The average molecular weight is 378 g/mol. The molecule has 0 radical (unpaired) electrons. The van der Waals surface area contributed by atoms with Crippen molar-refractivity contribution >= 4 is 11.6 Å². The highest BCUT2D eigenvalue weighted by atomic mass is 15.1. The van der Waals surface area contributed by atoms with Crippen molar-refractivity contribution in [3.8, 4) is 17.2 Å². The molecule has 0 saturated heterocycles. The second-order valence-electron chi connectivity index (χ2n) is 8.26. The van der Waals surface area contributed by atoms with Crippen LogP contribution in [0.2, 0.25) is 0 Å². The van der Waals surface area contributed by atoms with E-state index in [0.29, 0.717) is 23.7 Å². The molecular weight excluding hydrogens is 356 g/mol. The topological polar surface area (TPSA) is 43.6 Å². The lowest BCUT2D eigenvalue weighted by molar-refractivity contribution is 0.607. The van der Waals surface area contributed by atoms with Gasteiger partial charge in [0, 0.05) is 41.8 Å². The van der Waals surface area contributed by atoms with Gasteiger partial charge in [-0.05, 0) is 53.2 Å². The number of aromatic nitrogens is 4. The molecule has 6 rings (SSSR count). The minimum absolute atomic E-state index is 0.318. The first-order valence-electron chi connectivity index (χ1n) is 10.3. The molecule has 3 heterocycles. The third-order valence-electron chi connectivity index (χ3n) is 6.52. The van der Waals surface area contributed by atoms with Crippen molar-refractivity contribution in [3.63, 3.8) is 0 Å². The van der Waals surface area contributed by atoms with Gasteiger partial charge >= 0.3 is 0 Å². The molecule has 0 aliphatic heterocycles. The van der Waals surface area contributed by atoms with Crippen LogP contribution in [0.3, 0.4) is 0 Å². The Balaban J connectivity index is 1.73. The fourth-order valence-corrected chi connectivity index (χ4v) is 5.28. The number of nitrogens with zero attached hydrogens (tertiary/aromatic N) is 4. The number of rotatable bonds is 1. The molecule has 0 fully saturated rings. The molecule has 3 unspecified atom stereocenters. The largest absolute Gasteiger partial charge is 0.285 e. The van der Waals surface area contributed by atoms with Crippen LogP contribution in [-0.4, -0.2) is 19.5 Å². The van der Waals surface area contributed by atoms with E-state index in [1.807, 2.05) is 12.3 Å². The summed E-state index contributed by atoms with van der Waals surface area (Å²) in [6, 6.07) is 6.16. The zero-order valence-corrected chi connectivity index (χ0v) is 16.6. The van der Waals surface area contributed by atoms with E-state index >= 15 is 0 Å². The van der Waals surface area contributed by atoms with Gasteiger partial charge in [-0.1, -0.05) is 38.1 Å². The zero-order valence-electron chi connectivity index (χ0n) is 16.6. The standard InChI is InChI=1S/C25H22N4/c1-15-6-3-7-17-21(15)18-8-4-11-26-24(18)19-14-29(25-27-12-5-13-28-25)20-10-9-16(2)22(17)23(19)20/h3-5,7-16,22H,6H2,1-2H3. The van der Waals surface area contributed by atoms with Gasteiger partial charge < -0.3 is 0 Å². The van der Waals surface area contributed by atoms with E-state index in [4.69, 9.17) is 4.98 Å². The Morgan fingerprint density at radius 3 is 2.66 bits per heavy atom. The number of allylic oxidation sites excluding steroid dienone is 5. The molecular formula is C25H22N4. The van der Waals surface area contributed by atoms with Crippen LogP contribution in [0.25, 0.3) is 28.9 Å².